The number of ether oxygens (including phenoxy) is 1. The molecule has 5 heteroatoms. The average molecular weight is 406 g/mol. The molecule has 0 radical (unpaired) electrons. The van der Waals surface area contributed by atoms with Crippen molar-refractivity contribution in [2.75, 3.05) is 13.2 Å². The van der Waals surface area contributed by atoms with Gasteiger partial charge in [-0.15, -0.1) is 0 Å². The molecule has 0 aliphatic carbocycles. The number of amides is 1. The van der Waals surface area contributed by atoms with Crippen LogP contribution in [0.25, 0.3) is 11.0 Å². The Kier molecular flexibility index (Phi) is 5.91. The van der Waals surface area contributed by atoms with Gasteiger partial charge in [-0.05, 0) is 80.5 Å². The number of imidazole rings is 1. The molecule has 1 aromatic heterocycles. The van der Waals surface area contributed by atoms with Crippen LogP contribution in [0.1, 0.15) is 46.5 Å². The van der Waals surface area contributed by atoms with E-state index < -0.39 is 0 Å². The van der Waals surface area contributed by atoms with Gasteiger partial charge in [-0.1, -0.05) is 18.2 Å². The van der Waals surface area contributed by atoms with Gasteiger partial charge in [0.05, 0.1) is 11.0 Å². The van der Waals surface area contributed by atoms with Crippen LogP contribution >= 0.6 is 0 Å². The van der Waals surface area contributed by atoms with Crippen molar-refractivity contribution in [3.63, 3.8) is 0 Å². The Morgan fingerprint density at radius 1 is 1.17 bits per heavy atom. The molecule has 0 saturated carbocycles. The molecule has 0 spiro atoms. The predicted octanol–water partition coefficient (Wildman–Crippen LogP) is 4.16. The van der Waals surface area contributed by atoms with Crippen LogP contribution < -0.4 is 5.32 Å². The van der Waals surface area contributed by atoms with Crippen molar-refractivity contribution >= 4 is 16.9 Å². The summed E-state index contributed by atoms with van der Waals surface area (Å²) in [4.78, 5) is 17.2. The second kappa shape index (κ2) is 8.60. The second-order valence-corrected chi connectivity index (χ2v) is 8.38. The minimum Gasteiger partial charge on any atom is -0.368 e. The molecule has 4 rings (SSSR count). The third-order valence-electron chi connectivity index (χ3n) is 6.44. The molecule has 2 heterocycles. The van der Waals surface area contributed by atoms with Gasteiger partial charge in [0, 0.05) is 26.1 Å². The molecule has 1 atom stereocenters. The molecule has 1 fully saturated rings. The number of hydrogen-bond acceptors (Lipinski definition) is 3. The van der Waals surface area contributed by atoms with E-state index in [-0.39, 0.29) is 12.0 Å². The largest absolute Gasteiger partial charge is 0.368 e. The molecule has 1 N–H and O–H groups in total. The van der Waals surface area contributed by atoms with Gasteiger partial charge in [-0.3, -0.25) is 4.79 Å². The molecule has 1 aliphatic rings. The number of carbonyl (C=O) groups is 1. The van der Waals surface area contributed by atoms with E-state index in [1.165, 1.54) is 27.8 Å². The van der Waals surface area contributed by atoms with Crippen LogP contribution in [0.15, 0.2) is 30.3 Å². The summed E-state index contributed by atoms with van der Waals surface area (Å²) >= 11 is 0. The van der Waals surface area contributed by atoms with Crippen LogP contribution in [0.3, 0.4) is 0 Å². The van der Waals surface area contributed by atoms with Crippen LogP contribution in [0.2, 0.25) is 0 Å². The van der Waals surface area contributed by atoms with E-state index in [9.17, 15) is 4.79 Å². The predicted molar refractivity (Wildman–Crippen MR) is 120 cm³/mol. The second-order valence-electron chi connectivity index (χ2n) is 8.38. The van der Waals surface area contributed by atoms with Gasteiger partial charge >= 0.3 is 0 Å². The fraction of sp³-hybridized carbons (Fsp3) is 0.440. The van der Waals surface area contributed by atoms with Crippen molar-refractivity contribution in [2.24, 2.45) is 0 Å². The van der Waals surface area contributed by atoms with E-state index >= 15 is 0 Å². The van der Waals surface area contributed by atoms with Crippen LogP contribution in [0.4, 0.5) is 0 Å². The van der Waals surface area contributed by atoms with E-state index in [0.717, 1.165) is 36.2 Å². The Hall–Kier alpha value is -2.66. The minimum atomic E-state index is -0.288. The quantitative estimate of drug-likeness (QED) is 0.670. The molecule has 1 unspecified atom stereocenters. The fourth-order valence-corrected chi connectivity index (χ4v) is 4.38. The Bertz CT molecular complexity index is 1050. The summed E-state index contributed by atoms with van der Waals surface area (Å²) in [7, 11) is 0. The number of carbonyl (C=O) groups excluding carboxylic acids is 1. The van der Waals surface area contributed by atoms with Crippen molar-refractivity contribution < 1.29 is 9.53 Å². The van der Waals surface area contributed by atoms with Crippen molar-refractivity contribution in [2.45, 2.75) is 59.6 Å². The van der Waals surface area contributed by atoms with Gasteiger partial charge in [0.25, 0.3) is 0 Å². The van der Waals surface area contributed by atoms with Gasteiger partial charge in [-0.25, -0.2) is 4.98 Å². The van der Waals surface area contributed by atoms with Crippen molar-refractivity contribution in [3.05, 3.63) is 64.0 Å². The van der Waals surface area contributed by atoms with Gasteiger partial charge in [0.15, 0.2) is 0 Å². The lowest BCUT2D eigenvalue weighted by atomic mass is 9.94. The van der Waals surface area contributed by atoms with Crippen LogP contribution in [0, 0.1) is 27.7 Å². The zero-order valence-corrected chi connectivity index (χ0v) is 18.4. The maximum absolute atomic E-state index is 12.3. The maximum atomic E-state index is 12.3. The molecular formula is C25H31N3O2. The smallest absolute Gasteiger partial charge is 0.249 e. The standard InChI is InChI=1S/C25H31N3O2/c1-16-14-17(2)19(4)20(18(16)3)15-28-22-9-6-5-8-21(22)27-24(28)11-12-26-25(29)23-10-7-13-30-23/h5-6,8-9,14,23H,7,10-13,15H2,1-4H3,(H,26,29). The first-order valence-electron chi connectivity index (χ1n) is 10.9. The van der Waals surface area contributed by atoms with E-state index in [1.807, 2.05) is 6.07 Å². The third kappa shape index (κ3) is 3.99. The SMILES string of the molecule is Cc1cc(C)c(C)c(Cn2c(CCNC(=O)C3CCCO3)nc3ccccc32)c1C. The van der Waals surface area contributed by atoms with E-state index in [4.69, 9.17) is 9.72 Å². The van der Waals surface area contributed by atoms with E-state index in [1.54, 1.807) is 0 Å². The van der Waals surface area contributed by atoms with Gasteiger partial charge < -0.3 is 14.6 Å². The molecule has 30 heavy (non-hydrogen) atoms. The molecule has 2 aromatic carbocycles. The summed E-state index contributed by atoms with van der Waals surface area (Å²) in [5.41, 5.74) is 8.82. The Morgan fingerprint density at radius 2 is 1.90 bits per heavy atom. The average Bonchev–Trinajstić information content (AvgIpc) is 3.38. The number of rotatable bonds is 6. The van der Waals surface area contributed by atoms with Crippen LogP contribution in [0.5, 0.6) is 0 Å². The highest BCUT2D eigenvalue weighted by molar-refractivity contribution is 5.81. The van der Waals surface area contributed by atoms with E-state index in [2.05, 4.69) is 61.8 Å². The number of nitrogens with zero attached hydrogens (tertiary/aromatic N) is 2. The highest BCUT2D eigenvalue weighted by Gasteiger charge is 2.23. The van der Waals surface area contributed by atoms with Crippen LogP contribution in [-0.2, 0) is 22.5 Å². The summed E-state index contributed by atoms with van der Waals surface area (Å²) in [6.07, 6.45) is 2.18. The molecule has 5 nitrogen and oxygen atoms in total. The lowest BCUT2D eigenvalue weighted by molar-refractivity contribution is -0.130. The minimum absolute atomic E-state index is 0.00356. The first kappa shape index (κ1) is 20.6. The number of para-hydroxylation sites is 2. The zero-order chi connectivity index (χ0) is 21.3. The highest BCUT2D eigenvalue weighted by atomic mass is 16.5. The fourth-order valence-electron chi connectivity index (χ4n) is 4.38. The van der Waals surface area contributed by atoms with Crippen LogP contribution in [-0.4, -0.2) is 34.7 Å². The van der Waals surface area contributed by atoms with Gasteiger partial charge in [0.2, 0.25) is 5.91 Å². The number of aromatic nitrogens is 2. The molecule has 1 aliphatic heterocycles. The summed E-state index contributed by atoms with van der Waals surface area (Å²) in [5.74, 6) is 0.998. The van der Waals surface area contributed by atoms with Gasteiger partial charge in [-0.2, -0.15) is 0 Å². The number of aryl methyl sites for hydroxylation is 2. The number of fused-ring (bicyclic) bond motifs is 1. The normalized spacial score (nSPS) is 16.3. The Labute approximate surface area is 178 Å². The topological polar surface area (TPSA) is 56.2 Å². The third-order valence-corrected chi connectivity index (χ3v) is 6.44. The number of nitrogens with one attached hydrogen (secondary N) is 1. The Morgan fingerprint density at radius 3 is 2.60 bits per heavy atom. The van der Waals surface area contributed by atoms with Crippen molar-refractivity contribution in [1.29, 1.82) is 0 Å². The number of hydrogen-bond donors (Lipinski definition) is 1. The lowest BCUT2D eigenvalue weighted by Crippen LogP contribution is -2.35. The summed E-state index contributed by atoms with van der Waals surface area (Å²) in [6.45, 7) is 10.8. The monoisotopic (exact) mass is 405 g/mol. The highest BCUT2D eigenvalue weighted by Crippen LogP contribution is 2.25. The molecular weight excluding hydrogens is 374 g/mol. The summed E-state index contributed by atoms with van der Waals surface area (Å²) in [6, 6.07) is 10.5. The van der Waals surface area contributed by atoms with E-state index in [0.29, 0.717) is 19.6 Å². The summed E-state index contributed by atoms with van der Waals surface area (Å²) < 4.78 is 7.79. The van der Waals surface area contributed by atoms with Crippen molar-refractivity contribution in [1.82, 2.24) is 14.9 Å². The molecule has 1 saturated heterocycles. The molecule has 1 amide bonds. The maximum Gasteiger partial charge on any atom is 0.249 e. The molecule has 158 valence electrons. The number of benzene rings is 2. The lowest BCUT2D eigenvalue weighted by Gasteiger charge is -2.18. The molecule has 0 bridgehead atoms. The molecule has 3 aromatic rings. The van der Waals surface area contributed by atoms with Crippen molar-refractivity contribution in [3.8, 4) is 0 Å². The Balaban J connectivity index is 1.60. The first-order chi connectivity index (χ1) is 14.5. The summed E-state index contributed by atoms with van der Waals surface area (Å²) in [5, 5.41) is 3.03. The van der Waals surface area contributed by atoms with Gasteiger partial charge in [0.1, 0.15) is 11.9 Å². The first-order valence-corrected chi connectivity index (χ1v) is 10.9. The zero-order valence-electron chi connectivity index (χ0n) is 18.4.